The summed E-state index contributed by atoms with van der Waals surface area (Å²) < 4.78 is 0. The molecule has 2 aromatic rings. The van der Waals surface area contributed by atoms with Gasteiger partial charge in [-0.2, -0.15) is 0 Å². The van der Waals surface area contributed by atoms with Crippen LogP contribution in [0.3, 0.4) is 0 Å². The Morgan fingerprint density at radius 2 is 1.38 bits per heavy atom. The van der Waals surface area contributed by atoms with E-state index in [4.69, 9.17) is 17.2 Å². The Bertz CT molecular complexity index is 1330. The number of rotatable bonds is 18. The normalized spacial score (nSPS) is 21.3. The number of amides is 3. The maximum Gasteiger partial charge on any atom is 0.245 e. The Morgan fingerprint density at radius 3 is 1.94 bits per heavy atom. The summed E-state index contributed by atoms with van der Waals surface area (Å²) in [6.07, 6.45) is 6.37. The zero-order valence-electron chi connectivity index (χ0n) is 28.7. The van der Waals surface area contributed by atoms with Gasteiger partial charge in [0, 0.05) is 30.5 Å². The largest absolute Gasteiger partial charge is 0.345 e. The summed E-state index contributed by atoms with van der Waals surface area (Å²) in [4.78, 5) is 57.3. The molecule has 6 unspecified atom stereocenters. The predicted molar refractivity (Wildman–Crippen MR) is 188 cm³/mol. The highest BCUT2D eigenvalue weighted by molar-refractivity contribution is 5.95. The van der Waals surface area contributed by atoms with Crippen LogP contribution in [0, 0.1) is 11.8 Å². The molecule has 0 spiro atoms. The first-order valence-electron chi connectivity index (χ1n) is 17.8. The molecule has 2 bridgehead atoms. The number of hydrogen-bond donors (Lipinski definition) is 5. The van der Waals surface area contributed by atoms with Gasteiger partial charge >= 0.3 is 0 Å². The average molecular weight is 661 g/mol. The van der Waals surface area contributed by atoms with Crippen LogP contribution >= 0.6 is 0 Å². The topological polar surface area (TPSA) is 174 Å². The SMILES string of the molecule is CC(C)CC(CC(=O)C(Cc1ccccc1)NC(=O)C(N)Cc1ccccc1)C(=O)NC(CCCCN)C(=O)N1C2CCC1CC(N)C2. The molecule has 0 saturated carbocycles. The molecular formula is C38H56N6O4. The second kappa shape index (κ2) is 18.2. The van der Waals surface area contributed by atoms with Crippen LogP contribution in [0.25, 0.3) is 0 Å². The van der Waals surface area contributed by atoms with Gasteiger partial charge in [0.05, 0.1) is 12.1 Å². The summed E-state index contributed by atoms with van der Waals surface area (Å²) in [5.41, 5.74) is 20.1. The van der Waals surface area contributed by atoms with Crippen molar-refractivity contribution in [3.63, 3.8) is 0 Å². The van der Waals surface area contributed by atoms with Gasteiger partial charge in [-0.25, -0.2) is 0 Å². The van der Waals surface area contributed by atoms with Crippen molar-refractivity contribution in [2.24, 2.45) is 29.0 Å². The average Bonchev–Trinajstić information content (AvgIpc) is 3.34. The Kier molecular flexibility index (Phi) is 14.1. The number of fused-ring (bicyclic) bond motifs is 2. The van der Waals surface area contributed by atoms with Crippen LogP contribution in [0.15, 0.2) is 60.7 Å². The molecule has 3 amide bonds. The van der Waals surface area contributed by atoms with Crippen molar-refractivity contribution in [1.82, 2.24) is 15.5 Å². The van der Waals surface area contributed by atoms with Crippen molar-refractivity contribution in [1.29, 1.82) is 0 Å². The lowest BCUT2D eigenvalue weighted by Crippen LogP contribution is -2.57. The molecule has 0 aromatic heterocycles. The number of ketones is 1. The predicted octanol–water partition coefficient (Wildman–Crippen LogP) is 3.00. The number of nitrogens with zero attached hydrogens (tertiary/aromatic N) is 1. The van der Waals surface area contributed by atoms with Crippen LogP contribution in [-0.4, -0.2) is 71.2 Å². The minimum absolute atomic E-state index is 0.0592. The molecule has 6 atom stereocenters. The summed E-state index contributed by atoms with van der Waals surface area (Å²) in [7, 11) is 0. The van der Waals surface area contributed by atoms with Gasteiger partial charge in [0.2, 0.25) is 17.7 Å². The molecule has 10 nitrogen and oxygen atoms in total. The first-order chi connectivity index (χ1) is 23.0. The Hall–Kier alpha value is -3.60. The smallest absolute Gasteiger partial charge is 0.245 e. The second-order valence-corrected chi connectivity index (χ2v) is 14.3. The van der Waals surface area contributed by atoms with E-state index >= 15 is 0 Å². The lowest BCUT2D eigenvalue weighted by molar-refractivity contribution is -0.142. The monoisotopic (exact) mass is 660 g/mol. The number of nitrogens with two attached hydrogens (primary N) is 3. The van der Waals surface area contributed by atoms with Crippen LogP contribution in [0.5, 0.6) is 0 Å². The Morgan fingerprint density at radius 1 is 0.812 bits per heavy atom. The Labute approximate surface area is 285 Å². The summed E-state index contributed by atoms with van der Waals surface area (Å²) in [5.74, 6) is -1.57. The van der Waals surface area contributed by atoms with Gasteiger partial charge in [-0.15, -0.1) is 0 Å². The summed E-state index contributed by atoms with van der Waals surface area (Å²) in [5, 5.41) is 5.99. The van der Waals surface area contributed by atoms with E-state index in [1.807, 2.05) is 79.4 Å². The molecule has 2 aliphatic rings. The minimum atomic E-state index is -0.862. The van der Waals surface area contributed by atoms with Crippen molar-refractivity contribution in [2.75, 3.05) is 6.54 Å². The number of unbranched alkanes of at least 4 members (excludes halogenated alkanes) is 1. The fourth-order valence-corrected chi connectivity index (χ4v) is 7.37. The minimum Gasteiger partial charge on any atom is -0.345 e. The number of carbonyl (C=O) groups is 4. The van der Waals surface area contributed by atoms with Gasteiger partial charge in [0.15, 0.2) is 5.78 Å². The van der Waals surface area contributed by atoms with Gasteiger partial charge in [0.25, 0.3) is 0 Å². The first kappa shape index (κ1) is 37.2. The maximum absolute atomic E-state index is 14.0. The lowest BCUT2D eigenvalue weighted by Gasteiger charge is -2.40. The van der Waals surface area contributed by atoms with Crippen molar-refractivity contribution < 1.29 is 19.2 Å². The number of carbonyl (C=O) groups excluding carboxylic acids is 4. The zero-order chi connectivity index (χ0) is 34.6. The highest BCUT2D eigenvalue weighted by Crippen LogP contribution is 2.36. The van der Waals surface area contributed by atoms with Crippen LogP contribution < -0.4 is 27.8 Å². The van der Waals surface area contributed by atoms with E-state index in [2.05, 4.69) is 10.6 Å². The molecule has 10 heteroatoms. The number of nitrogens with one attached hydrogen (secondary N) is 2. The fraction of sp³-hybridized carbons (Fsp3) is 0.579. The second-order valence-electron chi connectivity index (χ2n) is 14.3. The van der Waals surface area contributed by atoms with E-state index < -0.39 is 30.0 Å². The molecule has 2 fully saturated rings. The van der Waals surface area contributed by atoms with E-state index in [1.54, 1.807) is 0 Å². The van der Waals surface area contributed by atoms with E-state index in [9.17, 15) is 19.2 Å². The number of Topliss-reactive ketones (excluding diaryl/α,β-unsaturated/α-hetero) is 1. The van der Waals surface area contributed by atoms with Crippen LogP contribution in [0.4, 0.5) is 0 Å². The third-order valence-corrected chi connectivity index (χ3v) is 9.78. The van der Waals surface area contributed by atoms with E-state index in [-0.39, 0.29) is 54.5 Å². The third-order valence-electron chi connectivity index (χ3n) is 9.78. The molecule has 4 rings (SSSR count). The standard InChI is InChI=1S/C38H56N6O4/c1-25(2)19-28(36(46)42-33(15-9-10-18-39)38(48)44-30-16-17-31(44)24-29(40)23-30)22-35(45)34(21-27-13-7-4-8-14-27)43-37(47)32(41)20-26-11-5-3-6-12-26/h3-8,11-14,25,28-34H,9-10,15-24,39-41H2,1-2H3,(H,42,46)(H,43,47). The van der Waals surface area contributed by atoms with Crippen molar-refractivity contribution >= 4 is 23.5 Å². The number of piperidine rings is 1. The molecule has 262 valence electrons. The van der Waals surface area contributed by atoms with E-state index in [0.717, 1.165) is 43.2 Å². The van der Waals surface area contributed by atoms with E-state index in [0.29, 0.717) is 32.2 Å². The molecular weight excluding hydrogens is 604 g/mol. The molecule has 0 aliphatic carbocycles. The molecule has 2 heterocycles. The highest BCUT2D eigenvalue weighted by atomic mass is 16.2. The van der Waals surface area contributed by atoms with Gasteiger partial charge in [-0.05, 0) is 87.8 Å². The van der Waals surface area contributed by atoms with E-state index in [1.165, 1.54) is 0 Å². The van der Waals surface area contributed by atoms with Gasteiger partial charge in [-0.3, -0.25) is 19.2 Å². The van der Waals surface area contributed by atoms with Gasteiger partial charge in [-0.1, -0.05) is 74.5 Å². The molecule has 8 N–H and O–H groups in total. The molecule has 2 saturated heterocycles. The third kappa shape index (κ3) is 10.7. The van der Waals surface area contributed by atoms with Crippen LogP contribution in [-0.2, 0) is 32.0 Å². The summed E-state index contributed by atoms with van der Waals surface area (Å²) >= 11 is 0. The van der Waals surface area contributed by atoms with Crippen molar-refractivity contribution in [3.05, 3.63) is 71.8 Å². The highest BCUT2D eigenvalue weighted by Gasteiger charge is 2.44. The van der Waals surface area contributed by atoms with Crippen molar-refractivity contribution in [3.8, 4) is 0 Å². The lowest BCUT2D eigenvalue weighted by atomic mass is 9.88. The van der Waals surface area contributed by atoms with Crippen LogP contribution in [0.2, 0.25) is 0 Å². The maximum atomic E-state index is 14.0. The fourth-order valence-electron chi connectivity index (χ4n) is 7.37. The Balaban J connectivity index is 1.49. The molecule has 48 heavy (non-hydrogen) atoms. The summed E-state index contributed by atoms with van der Waals surface area (Å²) in [6.45, 7) is 4.52. The quantitative estimate of drug-likeness (QED) is 0.153. The molecule has 2 aromatic carbocycles. The van der Waals surface area contributed by atoms with Gasteiger partial charge < -0.3 is 32.7 Å². The molecule has 0 radical (unpaired) electrons. The number of benzene rings is 2. The van der Waals surface area contributed by atoms with Crippen LogP contribution in [0.1, 0.15) is 82.8 Å². The zero-order valence-corrected chi connectivity index (χ0v) is 28.7. The molecule has 2 aliphatic heterocycles. The number of hydrogen-bond acceptors (Lipinski definition) is 7. The van der Waals surface area contributed by atoms with Crippen molar-refractivity contribution in [2.45, 2.75) is 121 Å². The van der Waals surface area contributed by atoms with Gasteiger partial charge in [0.1, 0.15) is 6.04 Å². The summed E-state index contributed by atoms with van der Waals surface area (Å²) in [6, 6.07) is 16.9. The first-order valence-corrected chi connectivity index (χ1v) is 17.8.